The van der Waals surface area contributed by atoms with Crippen LogP contribution in [0.2, 0.25) is 0 Å². The van der Waals surface area contributed by atoms with Gasteiger partial charge in [0.1, 0.15) is 0 Å². The summed E-state index contributed by atoms with van der Waals surface area (Å²) in [5.41, 5.74) is 1.80. The van der Waals surface area contributed by atoms with Gasteiger partial charge < -0.3 is 10.2 Å². The van der Waals surface area contributed by atoms with E-state index in [1.165, 1.54) is 12.1 Å². The number of phenolic OH excluding ortho intramolecular Hbond substituents is 2. The minimum atomic E-state index is -0.138. The number of rotatable bonds is 2. The average molecular weight is 230 g/mol. The Hall–Kier alpha value is -2.03. The molecule has 1 aliphatic rings. The van der Waals surface area contributed by atoms with Crippen molar-refractivity contribution in [1.82, 2.24) is 0 Å². The fourth-order valence-electron chi connectivity index (χ4n) is 1.80. The van der Waals surface area contributed by atoms with Gasteiger partial charge in [-0.3, -0.25) is 4.79 Å². The lowest BCUT2D eigenvalue weighted by molar-refractivity contribution is -0.115. The topological polar surface area (TPSA) is 57.5 Å². The standard InChI is InChI=1S/C14H14O3/c15-12-3-1-2-10(8-12)4-5-11-6-7-13(16)14(17)9-11/h4-9,16-17H,1-3H2/b5-4+. The van der Waals surface area contributed by atoms with Crippen molar-refractivity contribution in [2.75, 3.05) is 0 Å². The van der Waals surface area contributed by atoms with Crippen LogP contribution in [0.5, 0.6) is 11.5 Å². The van der Waals surface area contributed by atoms with Crippen molar-refractivity contribution < 1.29 is 15.0 Å². The van der Waals surface area contributed by atoms with E-state index in [1.54, 1.807) is 12.1 Å². The van der Waals surface area contributed by atoms with Crippen molar-refractivity contribution in [3.63, 3.8) is 0 Å². The Kier molecular flexibility index (Phi) is 3.28. The third kappa shape index (κ3) is 2.97. The van der Waals surface area contributed by atoms with Gasteiger partial charge in [-0.15, -0.1) is 0 Å². The third-order valence-corrected chi connectivity index (χ3v) is 2.72. The molecule has 2 rings (SSSR count). The van der Waals surface area contributed by atoms with Gasteiger partial charge in [0, 0.05) is 6.42 Å². The molecule has 2 N–H and O–H groups in total. The summed E-state index contributed by atoms with van der Waals surface area (Å²) in [5.74, 6) is -0.0977. The molecule has 0 saturated carbocycles. The maximum Gasteiger partial charge on any atom is 0.157 e. The van der Waals surface area contributed by atoms with E-state index >= 15 is 0 Å². The van der Waals surface area contributed by atoms with Crippen LogP contribution < -0.4 is 0 Å². The first kappa shape index (κ1) is 11.5. The molecule has 17 heavy (non-hydrogen) atoms. The second kappa shape index (κ2) is 4.87. The molecule has 0 atom stereocenters. The highest BCUT2D eigenvalue weighted by molar-refractivity contribution is 5.91. The second-order valence-electron chi connectivity index (χ2n) is 4.12. The molecule has 1 aliphatic carbocycles. The maximum atomic E-state index is 11.2. The Morgan fingerprint density at radius 1 is 1.06 bits per heavy atom. The lowest BCUT2D eigenvalue weighted by Crippen LogP contribution is -2.00. The Bertz CT molecular complexity index is 498. The largest absolute Gasteiger partial charge is 0.504 e. The van der Waals surface area contributed by atoms with Gasteiger partial charge in [0.15, 0.2) is 17.3 Å². The number of phenols is 2. The monoisotopic (exact) mass is 230 g/mol. The van der Waals surface area contributed by atoms with E-state index in [4.69, 9.17) is 5.11 Å². The molecular formula is C14H14O3. The number of benzene rings is 1. The van der Waals surface area contributed by atoms with Crippen molar-refractivity contribution >= 4 is 11.9 Å². The summed E-state index contributed by atoms with van der Waals surface area (Å²) < 4.78 is 0. The Morgan fingerprint density at radius 3 is 2.59 bits per heavy atom. The highest BCUT2D eigenvalue weighted by atomic mass is 16.3. The van der Waals surface area contributed by atoms with Crippen LogP contribution >= 0.6 is 0 Å². The molecule has 0 aromatic heterocycles. The van der Waals surface area contributed by atoms with Crippen LogP contribution in [-0.2, 0) is 4.79 Å². The fraction of sp³-hybridized carbons (Fsp3) is 0.214. The summed E-state index contributed by atoms with van der Waals surface area (Å²) in [7, 11) is 0. The Balaban J connectivity index is 2.14. The summed E-state index contributed by atoms with van der Waals surface area (Å²) in [5, 5.41) is 18.5. The van der Waals surface area contributed by atoms with E-state index in [9.17, 15) is 9.90 Å². The van der Waals surface area contributed by atoms with Crippen LogP contribution in [0, 0.1) is 0 Å². The number of hydrogen-bond donors (Lipinski definition) is 2. The van der Waals surface area contributed by atoms with Gasteiger partial charge in [0.25, 0.3) is 0 Å². The molecule has 0 amide bonds. The summed E-state index contributed by atoms with van der Waals surface area (Å²) in [4.78, 5) is 11.2. The molecule has 0 unspecified atom stereocenters. The second-order valence-corrected chi connectivity index (χ2v) is 4.12. The number of carbonyl (C=O) groups excluding carboxylic acids is 1. The fourth-order valence-corrected chi connectivity index (χ4v) is 1.80. The summed E-state index contributed by atoms with van der Waals surface area (Å²) in [6.45, 7) is 0. The zero-order valence-corrected chi connectivity index (χ0v) is 9.39. The zero-order chi connectivity index (χ0) is 12.3. The van der Waals surface area contributed by atoms with Gasteiger partial charge >= 0.3 is 0 Å². The van der Waals surface area contributed by atoms with Crippen LogP contribution in [0.15, 0.2) is 35.9 Å². The minimum absolute atomic E-state index is 0.130. The van der Waals surface area contributed by atoms with Gasteiger partial charge in [-0.05, 0) is 42.2 Å². The van der Waals surface area contributed by atoms with Crippen LogP contribution in [0.1, 0.15) is 24.8 Å². The average Bonchev–Trinajstić information content (AvgIpc) is 2.31. The van der Waals surface area contributed by atoms with E-state index in [1.807, 2.05) is 12.2 Å². The molecule has 0 bridgehead atoms. The molecule has 0 fully saturated rings. The summed E-state index contributed by atoms with van der Waals surface area (Å²) in [6, 6.07) is 4.63. The van der Waals surface area contributed by atoms with Crippen molar-refractivity contribution in [2.24, 2.45) is 0 Å². The molecule has 1 aromatic carbocycles. The predicted octanol–water partition coefficient (Wildman–Crippen LogP) is 2.79. The molecule has 0 heterocycles. The maximum absolute atomic E-state index is 11.2. The summed E-state index contributed by atoms with van der Waals surface area (Å²) in [6.07, 6.45) is 7.81. The van der Waals surface area contributed by atoms with E-state index in [0.29, 0.717) is 6.42 Å². The normalized spacial score (nSPS) is 16.2. The van der Waals surface area contributed by atoms with Gasteiger partial charge in [-0.25, -0.2) is 0 Å². The smallest absolute Gasteiger partial charge is 0.157 e. The summed E-state index contributed by atoms with van der Waals surface area (Å²) >= 11 is 0. The van der Waals surface area contributed by atoms with Crippen molar-refractivity contribution in [1.29, 1.82) is 0 Å². The van der Waals surface area contributed by atoms with Crippen molar-refractivity contribution in [2.45, 2.75) is 19.3 Å². The molecular weight excluding hydrogens is 216 g/mol. The molecule has 88 valence electrons. The van der Waals surface area contributed by atoms with E-state index in [-0.39, 0.29) is 17.3 Å². The molecule has 0 spiro atoms. The molecule has 0 aliphatic heterocycles. The van der Waals surface area contributed by atoms with Gasteiger partial charge in [-0.1, -0.05) is 18.2 Å². The highest BCUT2D eigenvalue weighted by Crippen LogP contribution is 2.26. The van der Waals surface area contributed by atoms with Crippen LogP contribution in [0.3, 0.4) is 0 Å². The van der Waals surface area contributed by atoms with Crippen LogP contribution in [-0.4, -0.2) is 16.0 Å². The molecule has 3 heteroatoms. The van der Waals surface area contributed by atoms with E-state index < -0.39 is 0 Å². The Labute approximate surface area is 99.7 Å². The van der Waals surface area contributed by atoms with Gasteiger partial charge in [-0.2, -0.15) is 0 Å². The first-order chi connectivity index (χ1) is 8.15. The SMILES string of the molecule is O=C1C=C(/C=C/c2ccc(O)c(O)c2)CCC1. The number of allylic oxidation sites excluding steroid dienone is 3. The first-order valence-corrected chi connectivity index (χ1v) is 5.58. The third-order valence-electron chi connectivity index (χ3n) is 2.72. The van der Waals surface area contributed by atoms with Crippen molar-refractivity contribution in [3.05, 3.63) is 41.5 Å². The van der Waals surface area contributed by atoms with Gasteiger partial charge in [0.2, 0.25) is 0 Å². The molecule has 0 saturated heterocycles. The number of aromatic hydroxyl groups is 2. The lowest BCUT2D eigenvalue weighted by Gasteiger charge is -2.07. The van der Waals surface area contributed by atoms with E-state index in [2.05, 4.69) is 0 Å². The highest BCUT2D eigenvalue weighted by Gasteiger charge is 2.07. The van der Waals surface area contributed by atoms with E-state index in [0.717, 1.165) is 24.0 Å². The minimum Gasteiger partial charge on any atom is -0.504 e. The Morgan fingerprint density at radius 2 is 1.88 bits per heavy atom. The van der Waals surface area contributed by atoms with Crippen LogP contribution in [0.25, 0.3) is 6.08 Å². The quantitative estimate of drug-likeness (QED) is 0.768. The van der Waals surface area contributed by atoms with Crippen LogP contribution in [0.4, 0.5) is 0 Å². The predicted molar refractivity (Wildman–Crippen MR) is 65.7 cm³/mol. The number of ketones is 1. The lowest BCUT2D eigenvalue weighted by atomic mass is 9.98. The van der Waals surface area contributed by atoms with Crippen molar-refractivity contribution in [3.8, 4) is 11.5 Å². The number of carbonyl (C=O) groups is 1. The molecule has 1 aromatic rings. The zero-order valence-electron chi connectivity index (χ0n) is 9.39. The first-order valence-electron chi connectivity index (χ1n) is 5.58. The molecule has 3 nitrogen and oxygen atoms in total. The molecule has 0 radical (unpaired) electrons. The van der Waals surface area contributed by atoms with Gasteiger partial charge in [0.05, 0.1) is 0 Å². The number of hydrogen-bond acceptors (Lipinski definition) is 3.